The van der Waals surface area contributed by atoms with Gasteiger partial charge in [0, 0.05) is 0 Å². The smallest absolute Gasteiger partial charge is 0.00957 e. The lowest BCUT2D eigenvalue weighted by atomic mass is 10.1. The zero-order valence-electron chi connectivity index (χ0n) is 5.83. The number of allylic oxidation sites excluding steroid dienone is 2. The van der Waals surface area contributed by atoms with Gasteiger partial charge in [-0.05, 0) is 18.9 Å². The van der Waals surface area contributed by atoms with E-state index in [0.29, 0.717) is 0 Å². The Morgan fingerprint density at radius 1 is 1.20 bits per heavy atom. The molecule has 0 amide bonds. The molecular formula is C10H10. The molecule has 0 N–H and O–H groups in total. The highest BCUT2D eigenvalue weighted by molar-refractivity contribution is 5.17. The van der Waals surface area contributed by atoms with E-state index in [1.54, 1.807) is 6.08 Å². The maximum absolute atomic E-state index is 5.20. The summed E-state index contributed by atoms with van der Waals surface area (Å²) in [5.41, 5.74) is 1.30. The van der Waals surface area contributed by atoms with Gasteiger partial charge in [0.05, 0.1) is 0 Å². The number of benzene rings is 1. The lowest BCUT2D eigenvalue weighted by molar-refractivity contribution is 1.27. The van der Waals surface area contributed by atoms with Gasteiger partial charge in [0.15, 0.2) is 0 Å². The fourth-order valence-corrected chi connectivity index (χ4v) is 0.818. The van der Waals surface area contributed by atoms with Crippen LogP contribution in [-0.2, 0) is 6.42 Å². The summed E-state index contributed by atoms with van der Waals surface area (Å²) in [7, 11) is 0. The minimum Gasteiger partial charge on any atom is -0.0839 e. The Balaban J connectivity index is 2.59. The van der Waals surface area contributed by atoms with Crippen LogP contribution in [0.25, 0.3) is 0 Å². The van der Waals surface area contributed by atoms with Crippen LogP contribution in [0.15, 0.2) is 42.5 Å². The molecule has 0 unspecified atom stereocenters. The molecule has 0 heterocycles. The average Bonchev–Trinajstić information content (AvgIpc) is 2.03. The number of hydrogen-bond acceptors (Lipinski definition) is 0. The van der Waals surface area contributed by atoms with Crippen LogP contribution >= 0.6 is 0 Å². The summed E-state index contributed by atoms with van der Waals surface area (Å²) < 4.78 is 0. The topological polar surface area (TPSA) is 0 Å². The number of rotatable bonds is 2. The molecule has 0 aromatic heterocycles. The Hall–Kier alpha value is -1.04. The molecule has 0 nitrogen and oxygen atoms in total. The first-order valence-electron chi connectivity index (χ1n) is 3.34. The van der Waals surface area contributed by atoms with Crippen molar-refractivity contribution >= 4 is 0 Å². The molecule has 0 atom stereocenters. The van der Waals surface area contributed by atoms with Gasteiger partial charge in [0.2, 0.25) is 0 Å². The van der Waals surface area contributed by atoms with E-state index in [-0.39, 0.29) is 0 Å². The van der Waals surface area contributed by atoms with Gasteiger partial charge in [-0.1, -0.05) is 42.5 Å². The maximum atomic E-state index is 5.20. The van der Waals surface area contributed by atoms with Crippen molar-refractivity contribution in [3.8, 4) is 0 Å². The SMILES string of the molecule is [CH]/C=C/Cc1ccccc1. The molecule has 0 aliphatic rings. The maximum Gasteiger partial charge on any atom is -0.00957 e. The minimum atomic E-state index is 0.928. The van der Waals surface area contributed by atoms with Crippen LogP contribution in [0.5, 0.6) is 0 Å². The summed E-state index contributed by atoms with van der Waals surface area (Å²) in [5, 5.41) is 0. The minimum absolute atomic E-state index is 0.928. The van der Waals surface area contributed by atoms with Crippen molar-refractivity contribution in [2.75, 3.05) is 0 Å². The molecule has 1 rings (SSSR count). The van der Waals surface area contributed by atoms with E-state index in [1.807, 2.05) is 24.3 Å². The first-order valence-corrected chi connectivity index (χ1v) is 3.34. The molecule has 0 spiro atoms. The zero-order valence-corrected chi connectivity index (χ0v) is 5.83. The summed E-state index contributed by atoms with van der Waals surface area (Å²) in [5.74, 6) is 0. The Kier molecular flexibility index (Phi) is 2.75. The van der Waals surface area contributed by atoms with Crippen molar-refractivity contribution in [2.45, 2.75) is 6.42 Å². The van der Waals surface area contributed by atoms with Crippen LogP contribution < -0.4 is 0 Å². The zero-order chi connectivity index (χ0) is 7.23. The van der Waals surface area contributed by atoms with Crippen LogP contribution in [0.2, 0.25) is 0 Å². The fourth-order valence-electron chi connectivity index (χ4n) is 0.818. The third-order valence-electron chi connectivity index (χ3n) is 1.33. The van der Waals surface area contributed by atoms with Crippen molar-refractivity contribution in [1.82, 2.24) is 0 Å². The molecule has 0 saturated carbocycles. The standard InChI is InChI=1S/C10H10/c1-2-3-7-10-8-5-4-6-9-10/h1-6,8-9H,7H2/b3-2+. The predicted octanol–water partition coefficient (Wildman–Crippen LogP) is 2.50. The first-order chi connectivity index (χ1) is 4.93. The Morgan fingerprint density at radius 2 is 1.90 bits per heavy atom. The van der Waals surface area contributed by atoms with E-state index in [1.165, 1.54) is 5.56 Å². The van der Waals surface area contributed by atoms with Gasteiger partial charge in [-0.25, -0.2) is 0 Å². The molecule has 1 aromatic carbocycles. The summed E-state index contributed by atoms with van der Waals surface area (Å²) in [4.78, 5) is 0. The van der Waals surface area contributed by atoms with Crippen LogP contribution in [-0.4, -0.2) is 0 Å². The van der Waals surface area contributed by atoms with Crippen molar-refractivity contribution in [3.05, 3.63) is 55.0 Å². The second kappa shape index (κ2) is 3.89. The van der Waals surface area contributed by atoms with Crippen LogP contribution in [0.1, 0.15) is 5.56 Å². The Bertz CT molecular complexity index is 197. The molecule has 0 saturated heterocycles. The second-order valence-electron chi connectivity index (χ2n) is 2.12. The van der Waals surface area contributed by atoms with E-state index in [4.69, 9.17) is 6.92 Å². The normalized spacial score (nSPS) is 10.5. The molecular weight excluding hydrogens is 120 g/mol. The summed E-state index contributed by atoms with van der Waals surface area (Å²) in [6, 6.07) is 10.2. The quantitative estimate of drug-likeness (QED) is 0.577. The summed E-state index contributed by atoms with van der Waals surface area (Å²) >= 11 is 0. The highest BCUT2D eigenvalue weighted by Gasteiger charge is 1.83. The monoisotopic (exact) mass is 130 g/mol. The van der Waals surface area contributed by atoms with Gasteiger partial charge < -0.3 is 0 Å². The van der Waals surface area contributed by atoms with Gasteiger partial charge in [0.25, 0.3) is 0 Å². The van der Waals surface area contributed by atoms with Gasteiger partial charge >= 0.3 is 0 Å². The van der Waals surface area contributed by atoms with Crippen molar-refractivity contribution in [2.24, 2.45) is 0 Å². The first kappa shape index (κ1) is 7.07. The molecule has 0 heteroatoms. The van der Waals surface area contributed by atoms with E-state index in [0.717, 1.165) is 6.42 Å². The van der Waals surface area contributed by atoms with E-state index in [9.17, 15) is 0 Å². The van der Waals surface area contributed by atoms with Crippen LogP contribution in [0.3, 0.4) is 0 Å². The Morgan fingerprint density at radius 3 is 2.50 bits per heavy atom. The molecule has 0 aliphatic heterocycles. The summed E-state index contributed by atoms with van der Waals surface area (Å²) in [6.45, 7) is 5.20. The highest BCUT2D eigenvalue weighted by atomic mass is 13.9. The molecule has 1 aromatic rings. The number of hydrogen-bond donors (Lipinski definition) is 0. The lowest BCUT2D eigenvalue weighted by Gasteiger charge is -1.91. The van der Waals surface area contributed by atoms with Gasteiger partial charge in [0.1, 0.15) is 0 Å². The molecule has 2 radical (unpaired) electrons. The largest absolute Gasteiger partial charge is 0.0839 e. The van der Waals surface area contributed by atoms with Gasteiger partial charge in [-0.3, -0.25) is 0 Å². The van der Waals surface area contributed by atoms with E-state index >= 15 is 0 Å². The predicted molar refractivity (Wildman–Crippen MR) is 43.6 cm³/mol. The van der Waals surface area contributed by atoms with Crippen molar-refractivity contribution in [3.63, 3.8) is 0 Å². The highest BCUT2D eigenvalue weighted by Crippen LogP contribution is 1.99. The van der Waals surface area contributed by atoms with Crippen LogP contribution in [0, 0.1) is 6.92 Å². The van der Waals surface area contributed by atoms with Gasteiger partial charge in [-0.15, -0.1) is 0 Å². The summed E-state index contributed by atoms with van der Waals surface area (Å²) in [6.07, 6.45) is 4.44. The van der Waals surface area contributed by atoms with Crippen molar-refractivity contribution < 1.29 is 0 Å². The molecule has 10 heavy (non-hydrogen) atoms. The molecule has 50 valence electrons. The second-order valence-corrected chi connectivity index (χ2v) is 2.12. The molecule has 0 aliphatic carbocycles. The van der Waals surface area contributed by atoms with Crippen LogP contribution in [0.4, 0.5) is 0 Å². The molecule has 0 bridgehead atoms. The van der Waals surface area contributed by atoms with Crippen molar-refractivity contribution in [1.29, 1.82) is 0 Å². The molecule has 0 fully saturated rings. The van der Waals surface area contributed by atoms with E-state index in [2.05, 4.69) is 12.1 Å². The fraction of sp³-hybridized carbons (Fsp3) is 0.100. The third-order valence-corrected chi connectivity index (χ3v) is 1.33. The van der Waals surface area contributed by atoms with E-state index < -0.39 is 0 Å². The van der Waals surface area contributed by atoms with Gasteiger partial charge in [-0.2, -0.15) is 0 Å². The average molecular weight is 130 g/mol. The lowest BCUT2D eigenvalue weighted by Crippen LogP contribution is -1.76. The Labute approximate surface area is 62.2 Å². The third kappa shape index (κ3) is 2.06.